The molecule has 2 aliphatic rings. The topological polar surface area (TPSA) is 0 Å². The molecule has 2 rings (SSSR count). The average Bonchev–Trinajstić information content (AvgIpc) is 2.32. The quantitative estimate of drug-likeness (QED) is 0.600. The molecule has 93 valence electrons. The molecule has 0 bridgehead atoms. The van der Waals surface area contributed by atoms with Crippen LogP contribution in [0.4, 0.5) is 0 Å². The van der Waals surface area contributed by atoms with Gasteiger partial charge in [0.2, 0.25) is 0 Å². The van der Waals surface area contributed by atoms with Crippen LogP contribution in [0.3, 0.4) is 0 Å². The molecular weight excluding hydrogens is 192 g/mol. The van der Waals surface area contributed by atoms with Crippen LogP contribution in [0, 0.1) is 23.7 Å². The van der Waals surface area contributed by atoms with Gasteiger partial charge in [0.25, 0.3) is 0 Å². The van der Waals surface area contributed by atoms with Gasteiger partial charge < -0.3 is 0 Å². The van der Waals surface area contributed by atoms with Crippen LogP contribution < -0.4 is 0 Å². The number of rotatable bonds is 3. The maximum atomic E-state index is 2.43. The molecule has 0 aromatic heterocycles. The smallest absolute Gasteiger partial charge is 0.0210 e. The van der Waals surface area contributed by atoms with E-state index in [-0.39, 0.29) is 0 Å². The van der Waals surface area contributed by atoms with Crippen molar-refractivity contribution in [3.63, 3.8) is 0 Å². The maximum absolute atomic E-state index is 2.43. The predicted molar refractivity (Wildman–Crippen MR) is 71.2 cm³/mol. The van der Waals surface area contributed by atoms with Crippen molar-refractivity contribution in [3.8, 4) is 0 Å². The Labute approximate surface area is 102 Å². The molecule has 0 amide bonds. The molecule has 0 aromatic carbocycles. The van der Waals surface area contributed by atoms with E-state index in [4.69, 9.17) is 0 Å². The minimum Gasteiger partial charge on any atom is -0.0654 e. The predicted octanol–water partition coefficient (Wildman–Crippen LogP) is 5.38. The molecule has 2 aliphatic carbocycles. The first-order valence-corrected chi connectivity index (χ1v) is 7.64. The minimum absolute atomic E-state index is 1.00. The highest BCUT2D eigenvalue weighted by Crippen LogP contribution is 2.43. The summed E-state index contributed by atoms with van der Waals surface area (Å²) in [5, 5.41) is 0. The molecule has 0 unspecified atom stereocenters. The second-order valence-electron chi connectivity index (χ2n) is 6.35. The molecule has 0 heterocycles. The highest BCUT2D eigenvalue weighted by atomic mass is 14.3. The molecule has 0 aliphatic heterocycles. The summed E-state index contributed by atoms with van der Waals surface area (Å²) in [6.45, 7) is 4.76. The summed E-state index contributed by atoms with van der Waals surface area (Å²) in [4.78, 5) is 0. The summed E-state index contributed by atoms with van der Waals surface area (Å²) in [5.41, 5.74) is 0. The van der Waals surface area contributed by atoms with E-state index >= 15 is 0 Å². The first-order valence-electron chi connectivity index (χ1n) is 7.64. The largest absolute Gasteiger partial charge is 0.0654 e. The third-order valence-electron chi connectivity index (χ3n) is 5.04. The SMILES string of the molecule is CCCC1CCC([C]2CCC(C)CC2)CC1. The van der Waals surface area contributed by atoms with E-state index in [2.05, 4.69) is 13.8 Å². The van der Waals surface area contributed by atoms with Crippen LogP contribution in [0.25, 0.3) is 0 Å². The van der Waals surface area contributed by atoms with Gasteiger partial charge in [0.15, 0.2) is 0 Å². The Bertz CT molecular complexity index is 180. The van der Waals surface area contributed by atoms with E-state index in [1.165, 1.54) is 64.2 Å². The highest BCUT2D eigenvalue weighted by molar-refractivity contribution is 5.00. The van der Waals surface area contributed by atoms with E-state index < -0.39 is 0 Å². The zero-order valence-corrected chi connectivity index (χ0v) is 11.3. The Morgan fingerprint density at radius 1 is 0.938 bits per heavy atom. The lowest BCUT2D eigenvalue weighted by Gasteiger charge is -2.36. The van der Waals surface area contributed by atoms with Gasteiger partial charge in [-0.25, -0.2) is 0 Å². The van der Waals surface area contributed by atoms with Gasteiger partial charge in [-0.15, -0.1) is 0 Å². The van der Waals surface area contributed by atoms with Crippen LogP contribution >= 0.6 is 0 Å². The highest BCUT2D eigenvalue weighted by Gasteiger charge is 2.29. The zero-order chi connectivity index (χ0) is 11.4. The maximum Gasteiger partial charge on any atom is -0.0210 e. The molecule has 0 N–H and O–H groups in total. The number of hydrogen-bond donors (Lipinski definition) is 0. The lowest BCUT2D eigenvalue weighted by Crippen LogP contribution is -2.23. The molecule has 0 nitrogen and oxygen atoms in total. The van der Waals surface area contributed by atoms with Crippen molar-refractivity contribution >= 4 is 0 Å². The van der Waals surface area contributed by atoms with Crippen molar-refractivity contribution in [1.82, 2.24) is 0 Å². The van der Waals surface area contributed by atoms with E-state index in [0.717, 1.165) is 17.8 Å². The van der Waals surface area contributed by atoms with E-state index in [0.29, 0.717) is 0 Å². The molecule has 0 spiro atoms. The van der Waals surface area contributed by atoms with E-state index in [1.54, 1.807) is 0 Å². The van der Waals surface area contributed by atoms with E-state index in [1.807, 2.05) is 5.92 Å². The fraction of sp³-hybridized carbons (Fsp3) is 0.938. The van der Waals surface area contributed by atoms with Crippen LogP contribution in [-0.2, 0) is 0 Å². The summed E-state index contributed by atoms with van der Waals surface area (Å²) in [6.07, 6.45) is 14.9. The molecule has 1 radical (unpaired) electrons. The number of hydrogen-bond acceptors (Lipinski definition) is 0. The molecule has 0 aromatic rings. The molecule has 0 saturated heterocycles. The fourth-order valence-electron chi connectivity index (χ4n) is 3.81. The molecule has 2 saturated carbocycles. The van der Waals surface area contributed by atoms with Crippen molar-refractivity contribution in [1.29, 1.82) is 0 Å². The molecule has 16 heavy (non-hydrogen) atoms. The van der Waals surface area contributed by atoms with Crippen molar-refractivity contribution in [2.24, 2.45) is 17.8 Å². The molecule has 0 heteroatoms. The standard InChI is InChI=1S/C16H29/c1-3-4-14-7-11-16(12-8-14)15-9-5-13(2)6-10-15/h13-14,16H,3-12H2,1-2H3. The summed E-state index contributed by atoms with van der Waals surface area (Å²) in [6, 6.07) is 0. The van der Waals surface area contributed by atoms with Crippen LogP contribution in [-0.4, -0.2) is 0 Å². The Balaban J connectivity index is 1.72. The van der Waals surface area contributed by atoms with Gasteiger partial charge >= 0.3 is 0 Å². The second-order valence-corrected chi connectivity index (χ2v) is 6.35. The second kappa shape index (κ2) is 6.07. The van der Waals surface area contributed by atoms with Gasteiger partial charge in [0, 0.05) is 0 Å². The summed E-state index contributed by atoms with van der Waals surface area (Å²) in [5.74, 6) is 5.05. The third kappa shape index (κ3) is 3.25. The van der Waals surface area contributed by atoms with Gasteiger partial charge in [-0.3, -0.25) is 0 Å². The van der Waals surface area contributed by atoms with Gasteiger partial charge in [0.05, 0.1) is 0 Å². The van der Waals surface area contributed by atoms with Gasteiger partial charge in [0.1, 0.15) is 0 Å². The summed E-state index contributed by atoms with van der Waals surface area (Å²) >= 11 is 0. The van der Waals surface area contributed by atoms with Gasteiger partial charge in [-0.05, 0) is 49.4 Å². The van der Waals surface area contributed by atoms with Crippen LogP contribution in [0.2, 0.25) is 0 Å². The third-order valence-corrected chi connectivity index (χ3v) is 5.04. The van der Waals surface area contributed by atoms with Crippen LogP contribution in [0.1, 0.15) is 78.1 Å². The lowest BCUT2D eigenvalue weighted by molar-refractivity contribution is 0.239. The van der Waals surface area contributed by atoms with Crippen molar-refractivity contribution in [2.75, 3.05) is 0 Å². The monoisotopic (exact) mass is 221 g/mol. The zero-order valence-electron chi connectivity index (χ0n) is 11.3. The first-order chi connectivity index (χ1) is 7.79. The summed E-state index contributed by atoms with van der Waals surface area (Å²) < 4.78 is 0. The van der Waals surface area contributed by atoms with Crippen LogP contribution in [0.5, 0.6) is 0 Å². The molecule has 0 atom stereocenters. The van der Waals surface area contributed by atoms with Crippen molar-refractivity contribution in [3.05, 3.63) is 5.92 Å². The molecular formula is C16H29. The molecule has 2 fully saturated rings. The average molecular weight is 221 g/mol. The van der Waals surface area contributed by atoms with Crippen LogP contribution in [0.15, 0.2) is 0 Å². The van der Waals surface area contributed by atoms with Gasteiger partial charge in [-0.1, -0.05) is 52.4 Å². The van der Waals surface area contributed by atoms with Gasteiger partial charge in [-0.2, -0.15) is 0 Å². The Kier molecular flexibility index (Phi) is 4.73. The lowest BCUT2D eigenvalue weighted by atomic mass is 9.69. The van der Waals surface area contributed by atoms with Crippen molar-refractivity contribution in [2.45, 2.75) is 78.1 Å². The van der Waals surface area contributed by atoms with Crippen molar-refractivity contribution < 1.29 is 0 Å². The summed E-state index contributed by atoms with van der Waals surface area (Å²) in [7, 11) is 0. The van der Waals surface area contributed by atoms with E-state index in [9.17, 15) is 0 Å². The Morgan fingerprint density at radius 3 is 2.12 bits per heavy atom. The Hall–Kier alpha value is 0. The Morgan fingerprint density at radius 2 is 1.56 bits per heavy atom. The normalized spacial score (nSPS) is 34.1. The minimum atomic E-state index is 1.00. The fourth-order valence-corrected chi connectivity index (χ4v) is 3.81. The first kappa shape index (κ1) is 12.5.